The summed E-state index contributed by atoms with van der Waals surface area (Å²) >= 11 is 5.97. The Bertz CT molecular complexity index is 1130. The highest BCUT2D eigenvalue weighted by Gasteiger charge is 2.25. The van der Waals surface area contributed by atoms with Crippen LogP contribution in [0.3, 0.4) is 0 Å². The summed E-state index contributed by atoms with van der Waals surface area (Å²) in [7, 11) is -0.718. The van der Waals surface area contributed by atoms with Crippen LogP contribution in [0.4, 0.5) is 5.69 Å². The second-order valence-corrected chi connectivity index (χ2v) is 9.51. The average molecular weight is 467 g/mol. The van der Waals surface area contributed by atoms with E-state index in [1.165, 1.54) is 44.6 Å². The number of nitrogens with zero attached hydrogens (tertiary/aromatic N) is 1. The lowest BCUT2D eigenvalue weighted by atomic mass is 10.1. The number of likely N-dealkylation sites (tertiary alicyclic amines) is 1. The number of carbonyl (C=O) groups is 2. The first kappa shape index (κ1) is 22.9. The molecule has 1 N–H and O–H groups in total. The molecular formula is C21H23ClN2O6S. The predicted octanol–water partition coefficient (Wildman–Crippen LogP) is 3.25. The molecule has 31 heavy (non-hydrogen) atoms. The van der Waals surface area contributed by atoms with E-state index >= 15 is 0 Å². The molecule has 1 saturated heterocycles. The van der Waals surface area contributed by atoms with Crippen LogP contribution < -0.4 is 14.8 Å². The Balaban J connectivity index is 2.01. The molecule has 2 amide bonds. The van der Waals surface area contributed by atoms with Gasteiger partial charge in [-0.1, -0.05) is 11.6 Å². The van der Waals surface area contributed by atoms with Gasteiger partial charge in [0.2, 0.25) is 0 Å². The molecule has 0 aliphatic carbocycles. The summed E-state index contributed by atoms with van der Waals surface area (Å²) in [5, 5.41) is 2.72. The summed E-state index contributed by atoms with van der Waals surface area (Å²) in [6.07, 6.45) is 2.84. The summed E-state index contributed by atoms with van der Waals surface area (Å²) in [4.78, 5) is 27.5. The summed E-state index contributed by atoms with van der Waals surface area (Å²) in [6.45, 7) is 1.27. The largest absolute Gasteiger partial charge is 0.493 e. The number of hydrogen-bond acceptors (Lipinski definition) is 6. The number of ether oxygens (including phenoxy) is 2. The van der Waals surface area contributed by atoms with Crippen molar-refractivity contribution in [2.24, 2.45) is 0 Å². The van der Waals surface area contributed by atoms with Crippen LogP contribution in [0.1, 0.15) is 33.6 Å². The number of amides is 2. The van der Waals surface area contributed by atoms with E-state index < -0.39 is 15.7 Å². The van der Waals surface area contributed by atoms with E-state index in [0.717, 1.165) is 19.1 Å². The maximum atomic E-state index is 13.1. The molecule has 0 saturated carbocycles. The van der Waals surface area contributed by atoms with E-state index in [0.29, 0.717) is 24.6 Å². The van der Waals surface area contributed by atoms with Gasteiger partial charge in [-0.15, -0.1) is 0 Å². The molecule has 8 nitrogen and oxygen atoms in total. The van der Waals surface area contributed by atoms with Gasteiger partial charge in [0.15, 0.2) is 21.3 Å². The third-order valence-electron chi connectivity index (χ3n) is 4.99. The second kappa shape index (κ2) is 9.15. The minimum absolute atomic E-state index is 0.0232. The van der Waals surface area contributed by atoms with Crippen molar-refractivity contribution < 1.29 is 27.5 Å². The average Bonchev–Trinajstić information content (AvgIpc) is 3.27. The molecule has 2 aromatic carbocycles. The minimum atomic E-state index is -3.62. The lowest BCUT2D eigenvalue weighted by Gasteiger charge is -2.20. The van der Waals surface area contributed by atoms with Crippen molar-refractivity contribution in [3.05, 3.63) is 46.5 Å². The molecule has 1 aliphatic rings. The Morgan fingerprint density at radius 2 is 1.65 bits per heavy atom. The van der Waals surface area contributed by atoms with Crippen molar-refractivity contribution in [2.75, 3.05) is 38.9 Å². The molecular weight excluding hydrogens is 444 g/mol. The van der Waals surface area contributed by atoms with Crippen LogP contribution in [0.15, 0.2) is 35.2 Å². The summed E-state index contributed by atoms with van der Waals surface area (Å²) in [5.41, 5.74) is 0.569. The van der Waals surface area contributed by atoms with Crippen molar-refractivity contribution in [2.45, 2.75) is 17.7 Å². The van der Waals surface area contributed by atoms with Crippen LogP contribution in [0.25, 0.3) is 0 Å². The fourth-order valence-electron chi connectivity index (χ4n) is 3.37. The highest BCUT2D eigenvalue weighted by atomic mass is 35.5. The van der Waals surface area contributed by atoms with Crippen LogP contribution in [-0.4, -0.2) is 58.7 Å². The van der Waals surface area contributed by atoms with Gasteiger partial charge in [0.25, 0.3) is 11.8 Å². The third-order valence-corrected chi connectivity index (χ3v) is 6.57. The Labute approximate surface area is 186 Å². The second-order valence-electron chi connectivity index (χ2n) is 7.12. The number of rotatable bonds is 6. The zero-order valence-electron chi connectivity index (χ0n) is 17.4. The molecule has 0 unspecified atom stereocenters. The first-order valence-corrected chi connectivity index (χ1v) is 11.8. The van der Waals surface area contributed by atoms with E-state index in [4.69, 9.17) is 21.1 Å². The maximum Gasteiger partial charge on any atom is 0.256 e. The molecule has 1 heterocycles. The zero-order valence-corrected chi connectivity index (χ0v) is 19.0. The number of methoxy groups -OCH3 is 2. The first-order chi connectivity index (χ1) is 14.7. The van der Waals surface area contributed by atoms with Crippen molar-refractivity contribution in [1.29, 1.82) is 0 Å². The molecule has 0 spiro atoms. The number of benzene rings is 2. The van der Waals surface area contributed by atoms with E-state index in [-0.39, 0.29) is 32.6 Å². The van der Waals surface area contributed by atoms with Gasteiger partial charge < -0.3 is 19.7 Å². The minimum Gasteiger partial charge on any atom is -0.493 e. The molecule has 0 radical (unpaired) electrons. The Morgan fingerprint density at radius 1 is 1.03 bits per heavy atom. The Kier molecular flexibility index (Phi) is 6.76. The molecule has 0 bridgehead atoms. The van der Waals surface area contributed by atoms with E-state index in [9.17, 15) is 18.0 Å². The van der Waals surface area contributed by atoms with Crippen LogP contribution in [0.5, 0.6) is 11.5 Å². The van der Waals surface area contributed by atoms with E-state index in [1.54, 1.807) is 4.90 Å². The van der Waals surface area contributed by atoms with Crippen molar-refractivity contribution in [3.63, 3.8) is 0 Å². The zero-order chi connectivity index (χ0) is 22.8. The molecule has 2 aromatic rings. The van der Waals surface area contributed by atoms with E-state index in [1.807, 2.05) is 0 Å². The maximum absolute atomic E-state index is 13.1. The van der Waals surface area contributed by atoms with Crippen LogP contribution in [0.2, 0.25) is 5.02 Å². The Morgan fingerprint density at radius 3 is 2.23 bits per heavy atom. The lowest BCUT2D eigenvalue weighted by molar-refractivity contribution is 0.0793. The molecule has 0 atom stereocenters. The summed E-state index contributed by atoms with van der Waals surface area (Å²) < 4.78 is 34.5. The highest BCUT2D eigenvalue weighted by Crippen LogP contribution is 2.35. The lowest BCUT2D eigenvalue weighted by Crippen LogP contribution is -2.29. The molecule has 1 fully saturated rings. The SMILES string of the molecule is COc1cc(NC(=O)c2ccc(Cl)c(S(C)(=O)=O)c2)c(C(=O)N2CCCC2)cc1OC. The normalized spacial score (nSPS) is 13.7. The van der Waals surface area contributed by atoms with Gasteiger partial charge in [0.05, 0.1) is 35.4 Å². The fraction of sp³-hybridized carbons (Fsp3) is 0.333. The van der Waals surface area contributed by atoms with Crippen molar-refractivity contribution in [3.8, 4) is 11.5 Å². The summed E-state index contributed by atoms with van der Waals surface area (Å²) in [5.74, 6) is -0.136. The van der Waals surface area contributed by atoms with Crippen molar-refractivity contribution in [1.82, 2.24) is 4.90 Å². The van der Waals surface area contributed by atoms with Crippen LogP contribution in [0, 0.1) is 0 Å². The number of anilines is 1. The monoisotopic (exact) mass is 466 g/mol. The van der Waals surface area contributed by atoms with Gasteiger partial charge >= 0.3 is 0 Å². The van der Waals surface area contributed by atoms with E-state index in [2.05, 4.69) is 5.32 Å². The van der Waals surface area contributed by atoms with Crippen molar-refractivity contribution >= 4 is 38.9 Å². The molecule has 3 rings (SSSR count). The smallest absolute Gasteiger partial charge is 0.256 e. The number of nitrogens with one attached hydrogen (secondary N) is 1. The quantitative estimate of drug-likeness (QED) is 0.701. The predicted molar refractivity (Wildman–Crippen MR) is 117 cm³/mol. The fourth-order valence-corrected chi connectivity index (χ4v) is 4.67. The van der Waals surface area contributed by atoms with Gasteiger partial charge in [-0.05, 0) is 37.1 Å². The molecule has 166 valence electrons. The summed E-state index contributed by atoms with van der Waals surface area (Å²) in [6, 6.07) is 6.99. The Hall–Kier alpha value is -2.78. The molecule has 10 heteroatoms. The third kappa shape index (κ3) is 4.94. The first-order valence-electron chi connectivity index (χ1n) is 9.52. The van der Waals surface area contributed by atoms with Gasteiger partial charge in [-0.2, -0.15) is 0 Å². The van der Waals surface area contributed by atoms with Gasteiger partial charge in [0.1, 0.15) is 0 Å². The number of sulfone groups is 1. The van der Waals surface area contributed by atoms with Gasteiger partial charge in [-0.25, -0.2) is 8.42 Å². The topological polar surface area (TPSA) is 102 Å². The standard InChI is InChI=1S/C21H23ClN2O6S/c1-29-17-11-14(21(26)24-8-4-5-9-24)16(12-18(17)30-2)23-20(25)13-6-7-15(22)19(10-13)31(3,27)28/h6-7,10-12H,4-5,8-9H2,1-3H3,(H,23,25). The molecule has 0 aromatic heterocycles. The number of hydrogen-bond donors (Lipinski definition) is 1. The van der Waals surface area contributed by atoms with Crippen LogP contribution in [-0.2, 0) is 9.84 Å². The van der Waals surface area contributed by atoms with Gasteiger partial charge in [-0.3, -0.25) is 9.59 Å². The van der Waals surface area contributed by atoms with Gasteiger partial charge in [0, 0.05) is 31.0 Å². The number of carbonyl (C=O) groups excluding carboxylic acids is 2. The van der Waals surface area contributed by atoms with Crippen LogP contribution >= 0.6 is 11.6 Å². The highest BCUT2D eigenvalue weighted by molar-refractivity contribution is 7.90. The molecule has 1 aliphatic heterocycles. The number of halogens is 1.